The number of ether oxygens (including phenoxy) is 2. The lowest BCUT2D eigenvalue weighted by Crippen LogP contribution is -2.46. The average Bonchev–Trinajstić information content (AvgIpc) is 2.60. The first-order valence-electron chi connectivity index (χ1n) is 9.55. The number of halogens is 2. The highest BCUT2D eigenvalue weighted by Gasteiger charge is 2.36. The van der Waals surface area contributed by atoms with E-state index < -0.39 is 0 Å². The summed E-state index contributed by atoms with van der Waals surface area (Å²) in [6, 6.07) is 5.01. The Morgan fingerprint density at radius 1 is 1.26 bits per heavy atom. The molecule has 2 N–H and O–H groups in total. The number of nitrogens with zero attached hydrogens (tertiary/aromatic N) is 1. The molecule has 0 atom stereocenters. The second-order valence-corrected chi connectivity index (χ2v) is 6.84. The smallest absolute Gasteiger partial charge is 0.191 e. The molecule has 0 amide bonds. The molecule has 0 unspecified atom stereocenters. The maximum atomic E-state index is 14.0. The van der Waals surface area contributed by atoms with Gasteiger partial charge in [0.25, 0.3) is 0 Å². The summed E-state index contributed by atoms with van der Waals surface area (Å²) in [5.41, 5.74) is 1.14. The fourth-order valence-electron chi connectivity index (χ4n) is 3.21. The predicted octanol–water partition coefficient (Wildman–Crippen LogP) is 4.10. The molecule has 1 aliphatic rings. The van der Waals surface area contributed by atoms with E-state index in [1.54, 1.807) is 13.2 Å². The lowest BCUT2D eigenvalue weighted by atomic mass is 9.67. The highest BCUT2D eigenvalue weighted by molar-refractivity contribution is 14.0. The third-order valence-corrected chi connectivity index (χ3v) is 4.94. The Kier molecular flexibility index (Phi) is 11.0. The number of rotatable bonds is 10. The van der Waals surface area contributed by atoms with Gasteiger partial charge >= 0.3 is 0 Å². The number of benzene rings is 1. The van der Waals surface area contributed by atoms with Crippen molar-refractivity contribution in [2.24, 2.45) is 10.4 Å². The zero-order chi connectivity index (χ0) is 18.8. The van der Waals surface area contributed by atoms with Gasteiger partial charge in [-0.25, -0.2) is 9.38 Å². The molecule has 154 valence electrons. The molecule has 0 saturated heterocycles. The Balaban J connectivity index is 0.00000364. The van der Waals surface area contributed by atoms with E-state index in [9.17, 15) is 4.39 Å². The number of aliphatic imine (C=N–C) groups is 1. The van der Waals surface area contributed by atoms with Gasteiger partial charge in [-0.2, -0.15) is 0 Å². The molecule has 0 bridgehead atoms. The van der Waals surface area contributed by atoms with Gasteiger partial charge in [0, 0.05) is 26.8 Å². The second kappa shape index (κ2) is 12.4. The van der Waals surface area contributed by atoms with Crippen LogP contribution in [0.15, 0.2) is 23.2 Å². The SMILES string of the molecule is CCNC(=NCc1ccc(OCC)c(F)c1)NCC1(CCOC)CCC1.I. The molecule has 0 aliphatic heterocycles. The molecule has 27 heavy (non-hydrogen) atoms. The van der Waals surface area contributed by atoms with Crippen LogP contribution < -0.4 is 15.4 Å². The van der Waals surface area contributed by atoms with Crippen molar-refractivity contribution in [2.45, 2.75) is 46.1 Å². The molecule has 7 heteroatoms. The zero-order valence-electron chi connectivity index (χ0n) is 16.6. The van der Waals surface area contributed by atoms with Crippen LogP contribution in [0.3, 0.4) is 0 Å². The zero-order valence-corrected chi connectivity index (χ0v) is 19.0. The van der Waals surface area contributed by atoms with Crippen LogP contribution in [0.5, 0.6) is 5.75 Å². The third-order valence-electron chi connectivity index (χ3n) is 4.94. The lowest BCUT2D eigenvalue weighted by Gasteiger charge is -2.42. The summed E-state index contributed by atoms with van der Waals surface area (Å²) < 4.78 is 24.5. The van der Waals surface area contributed by atoms with Gasteiger partial charge < -0.3 is 20.1 Å². The van der Waals surface area contributed by atoms with Crippen LogP contribution >= 0.6 is 24.0 Å². The van der Waals surface area contributed by atoms with Crippen molar-refractivity contribution in [1.29, 1.82) is 0 Å². The summed E-state index contributed by atoms with van der Waals surface area (Å²) in [5.74, 6) is 0.714. The summed E-state index contributed by atoms with van der Waals surface area (Å²) in [6.07, 6.45) is 4.81. The maximum absolute atomic E-state index is 14.0. The van der Waals surface area contributed by atoms with E-state index in [1.165, 1.54) is 25.3 Å². The topological polar surface area (TPSA) is 54.9 Å². The van der Waals surface area contributed by atoms with Crippen LogP contribution in [0.4, 0.5) is 4.39 Å². The largest absolute Gasteiger partial charge is 0.491 e. The van der Waals surface area contributed by atoms with Crippen molar-refractivity contribution >= 4 is 29.9 Å². The minimum atomic E-state index is -0.342. The van der Waals surface area contributed by atoms with Crippen molar-refractivity contribution in [3.63, 3.8) is 0 Å². The molecular weight excluding hydrogens is 460 g/mol. The van der Waals surface area contributed by atoms with Crippen LogP contribution in [0, 0.1) is 11.2 Å². The summed E-state index contributed by atoms with van der Waals surface area (Å²) >= 11 is 0. The summed E-state index contributed by atoms with van der Waals surface area (Å²) in [4.78, 5) is 4.60. The van der Waals surface area contributed by atoms with E-state index >= 15 is 0 Å². The molecule has 1 aliphatic carbocycles. The maximum Gasteiger partial charge on any atom is 0.191 e. The van der Waals surface area contributed by atoms with Gasteiger partial charge in [-0.3, -0.25) is 0 Å². The Morgan fingerprint density at radius 2 is 2.04 bits per heavy atom. The minimum absolute atomic E-state index is 0. The quantitative estimate of drug-likeness (QED) is 0.293. The number of methoxy groups -OCH3 is 1. The Labute approximate surface area is 179 Å². The van der Waals surface area contributed by atoms with Gasteiger partial charge in [0.2, 0.25) is 0 Å². The van der Waals surface area contributed by atoms with Gasteiger partial charge in [-0.15, -0.1) is 24.0 Å². The number of guanidine groups is 1. The summed E-state index contributed by atoms with van der Waals surface area (Å²) in [5, 5.41) is 6.72. The van der Waals surface area contributed by atoms with E-state index in [-0.39, 0.29) is 35.5 Å². The third kappa shape index (κ3) is 7.44. The normalized spacial score (nSPS) is 15.5. The van der Waals surface area contributed by atoms with Crippen molar-refractivity contribution in [3.05, 3.63) is 29.6 Å². The summed E-state index contributed by atoms with van der Waals surface area (Å²) in [6.45, 7) is 7.22. The van der Waals surface area contributed by atoms with E-state index in [0.29, 0.717) is 18.6 Å². The highest BCUT2D eigenvalue weighted by Crippen LogP contribution is 2.43. The van der Waals surface area contributed by atoms with Gasteiger partial charge in [-0.05, 0) is 56.2 Å². The van der Waals surface area contributed by atoms with E-state index in [4.69, 9.17) is 9.47 Å². The first-order valence-corrected chi connectivity index (χ1v) is 9.55. The molecule has 1 aromatic carbocycles. The van der Waals surface area contributed by atoms with Crippen molar-refractivity contribution in [3.8, 4) is 5.75 Å². The van der Waals surface area contributed by atoms with Gasteiger partial charge in [0.15, 0.2) is 17.5 Å². The van der Waals surface area contributed by atoms with E-state index in [0.717, 1.165) is 37.6 Å². The molecule has 0 spiro atoms. The standard InChI is InChI=1S/C20H32FN3O2.HI/c1-4-22-19(24-15-20(9-6-10-20)11-12-25-3)23-14-16-7-8-18(26-5-2)17(21)13-16;/h7-8,13H,4-6,9-12,14-15H2,1-3H3,(H2,22,23,24);1H. The van der Waals surface area contributed by atoms with Gasteiger partial charge in [0.1, 0.15) is 0 Å². The second-order valence-electron chi connectivity index (χ2n) is 6.84. The molecule has 1 aromatic rings. The Hall–Kier alpha value is -1.09. The predicted molar refractivity (Wildman–Crippen MR) is 119 cm³/mol. The molecule has 1 saturated carbocycles. The number of nitrogens with one attached hydrogen (secondary N) is 2. The van der Waals surface area contributed by atoms with E-state index in [2.05, 4.69) is 15.6 Å². The fraction of sp³-hybridized carbons (Fsp3) is 0.650. The average molecular weight is 493 g/mol. The fourth-order valence-corrected chi connectivity index (χ4v) is 3.21. The van der Waals surface area contributed by atoms with E-state index in [1.807, 2.05) is 19.9 Å². The van der Waals surface area contributed by atoms with Crippen molar-refractivity contribution < 1.29 is 13.9 Å². The first kappa shape index (κ1) is 23.9. The number of hydrogen-bond donors (Lipinski definition) is 2. The molecular formula is C20H33FIN3O2. The van der Waals surface area contributed by atoms with Crippen LogP contribution in [-0.4, -0.2) is 39.4 Å². The van der Waals surface area contributed by atoms with Gasteiger partial charge in [-0.1, -0.05) is 12.5 Å². The van der Waals surface area contributed by atoms with Crippen molar-refractivity contribution in [1.82, 2.24) is 10.6 Å². The van der Waals surface area contributed by atoms with Crippen LogP contribution in [-0.2, 0) is 11.3 Å². The number of hydrogen-bond acceptors (Lipinski definition) is 3. The Bertz CT molecular complexity index is 595. The summed E-state index contributed by atoms with van der Waals surface area (Å²) in [7, 11) is 1.75. The van der Waals surface area contributed by atoms with Gasteiger partial charge in [0.05, 0.1) is 13.2 Å². The molecule has 0 radical (unpaired) electrons. The first-order chi connectivity index (χ1) is 12.6. The molecule has 0 aromatic heterocycles. The molecule has 2 rings (SSSR count). The van der Waals surface area contributed by atoms with Crippen LogP contribution in [0.1, 0.15) is 45.1 Å². The van der Waals surface area contributed by atoms with Crippen molar-refractivity contribution in [2.75, 3.05) is 33.4 Å². The molecule has 5 nitrogen and oxygen atoms in total. The monoisotopic (exact) mass is 493 g/mol. The molecule has 0 heterocycles. The van der Waals surface area contributed by atoms with Crippen LogP contribution in [0.2, 0.25) is 0 Å². The van der Waals surface area contributed by atoms with Crippen LogP contribution in [0.25, 0.3) is 0 Å². The highest BCUT2D eigenvalue weighted by atomic mass is 127. The molecule has 1 fully saturated rings. The lowest BCUT2D eigenvalue weighted by molar-refractivity contribution is 0.0732. The Morgan fingerprint density at radius 3 is 2.59 bits per heavy atom. The minimum Gasteiger partial charge on any atom is -0.491 e.